The van der Waals surface area contributed by atoms with E-state index in [1.165, 1.54) is 23.3 Å². The maximum Gasteiger partial charge on any atom is 0.256 e. The highest BCUT2D eigenvalue weighted by Crippen LogP contribution is 2.20. The highest BCUT2D eigenvalue weighted by atomic mass is 16.2. The molecule has 0 bridgehead atoms. The fraction of sp³-hybridized carbons (Fsp3) is 0.400. The first kappa shape index (κ1) is 17.3. The van der Waals surface area contributed by atoms with E-state index in [4.69, 9.17) is 0 Å². The number of aromatic nitrogens is 1. The van der Waals surface area contributed by atoms with Crippen molar-refractivity contribution in [2.75, 3.05) is 20.1 Å². The van der Waals surface area contributed by atoms with Gasteiger partial charge < -0.3 is 15.2 Å². The van der Waals surface area contributed by atoms with Crippen LogP contribution in [0.2, 0.25) is 0 Å². The number of rotatable bonds is 6. The molecule has 0 atom stereocenters. The molecule has 0 unspecified atom stereocenters. The van der Waals surface area contributed by atoms with Gasteiger partial charge in [0, 0.05) is 30.7 Å². The highest BCUT2D eigenvalue weighted by Gasteiger charge is 2.18. The highest BCUT2D eigenvalue weighted by molar-refractivity contribution is 6.07. The minimum absolute atomic E-state index is 0.0669. The molecule has 0 saturated heterocycles. The minimum Gasteiger partial charge on any atom is -0.360 e. The number of amides is 2. The molecule has 25 heavy (non-hydrogen) atoms. The molecule has 0 spiro atoms. The maximum absolute atomic E-state index is 12.6. The van der Waals surface area contributed by atoms with Crippen LogP contribution in [0.5, 0.6) is 0 Å². The molecule has 0 aliphatic heterocycles. The molecular weight excluding hydrogens is 314 g/mol. The topological polar surface area (TPSA) is 65.2 Å². The molecule has 5 nitrogen and oxygen atoms in total. The van der Waals surface area contributed by atoms with Crippen LogP contribution in [0.15, 0.2) is 42.1 Å². The minimum atomic E-state index is -0.150. The lowest BCUT2D eigenvalue weighted by Gasteiger charge is -2.17. The molecule has 0 radical (unpaired) electrons. The number of benzene rings is 1. The van der Waals surface area contributed by atoms with Crippen LogP contribution in [-0.2, 0) is 4.79 Å². The number of H-pyrrole nitrogens is 1. The molecule has 2 N–H and O–H groups in total. The van der Waals surface area contributed by atoms with Crippen molar-refractivity contribution in [3.63, 3.8) is 0 Å². The number of hydrogen-bond donors (Lipinski definition) is 2. The number of likely N-dealkylation sites (N-methyl/N-ethyl adjacent to an activating group) is 1. The standard InChI is InChI=1S/C20H25N3O2/c1-23(14-19(24)21-12-11-15-7-3-2-4-8-15)20(25)17-13-22-18-10-6-5-9-16(17)18/h5-7,9-10,13,22H,2-4,8,11-12,14H2,1H3,(H,21,24). The molecule has 0 saturated carbocycles. The smallest absolute Gasteiger partial charge is 0.256 e. The Morgan fingerprint density at radius 3 is 2.88 bits per heavy atom. The summed E-state index contributed by atoms with van der Waals surface area (Å²) in [5.74, 6) is -0.269. The van der Waals surface area contributed by atoms with E-state index in [0.29, 0.717) is 12.1 Å². The van der Waals surface area contributed by atoms with Crippen LogP contribution in [0.3, 0.4) is 0 Å². The lowest BCUT2D eigenvalue weighted by atomic mass is 9.97. The number of fused-ring (bicyclic) bond motifs is 1. The normalized spacial score (nSPS) is 14.2. The summed E-state index contributed by atoms with van der Waals surface area (Å²) >= 11 is 0. The molecule has 2 amide bonds. The van der Waals surface area contributed by atoms with Gasteiger partial charge in [-0.2, -0.15) is 0 Å². The summed E-state index contributed by atoms with van der Waals surface area (Å²) in [6.07, 6.45) is 9.74. The Kier molecular flexibility index (Phi) is 5.53. The van der Waals surface area contributed by atoms with Gasteiger partial charge in [0.05, 0.1) is 12.1 Å². The Labute approximate surface area is 148 Å². The van der Waals surface area contributed by atoms with E-state index in [1.807, 2.05) is 24.3 Å². The van der Waals surface area contributed by atoms with Crippen molar-refractivity contribution in [2.45, 2.75) is 32.1 Å². The molecule has 2 aromatic rings. The molecule has 1 heterocycles. The number of carbonyl (C=O) groups is 2. The maximum atomic E-state index is 12.6. The number of aromatic amines is 1. The second kappa shape index (κ2) is 8.01. The quantitative estimate of drug-likeness (QED) is 0.794. The van der Waals surface area contributed by atoms with Gasteiger partial charge in [-0.25, -0.2) is 0 Å². The number of nitrogens with zero attached hydrogens (tertiary/aromatic N) is 1. The van der Waals surface area contributed by atoms with Crippen LogP contribution in [0.4, 0.5) is 0 Å². The molecule has 1 aromatic heterocycles. The van der Waals surface area contributed by atoms with Gasteiger partial charge in [0.15, 0.2) is 0 Å². The van der Waals surface area contributed by atoms with Crippen molar-refractivity contribution in [1.82, 2.24) is 15.2 Å². The molecular formula is C20H25N3O2. The van der Waals surface area contributed by atoms with Crippen molar-refractivity contribution < 1.29 is 9.59 Å². The van der Waals surface area contributed by atoms with E-state index in [1.54, 1.807) is 13.2 Å². The zero-order chi connectivity index (χ0) is 17.6. The summed E-state index contributed by atoms with van der Waals surface area (Å²) < 4.78 is 0. The van der Waals surface area contributed by atoms with Crippen LogP contribution in [0.1, 0.15) is 42.5 Å². The number of nitrogens with one attached hydrogen (secondary N) is 2. The van der Waals surface area contributed by atoms with Crippen molar-refractivity contribution in [1.29, 1.82) is 0 Å². The third-order valence-electron chi connectivity index (χ3n) is 4.70. The summed E-state index contributed by atoms with van der Waals surface area (Å²) in [4.78, 5) is 29.3. The van der Waals surface area contributed by atoms with Crippen LogP contribution >= 0.6 is 0 Å². The molecule has 5 heteroatoms. The zero-order valence-electron chi connectivity index (χ0n) is 14.7. The van der Waals surface area contributed by atoms with Crippen molar-refractivity contribution in [3.05, 3.63) is 47.7 Å². The Morgan fingerprint density at radius 2 is 2.08 bits per heavy atom. The van der Waals surface area contributed by atoms with Gasteiger partial charge in [-0.1, -0.05) is 29.8 Å². The van der Waals surface area contributed by atoms with Crippen LogP contribution < -0.4 is 5.32 Å². The van der Waals surface area contributed by atoms with Gasteiger partial charge in [0.1, 0.15) is 0 Å². The second-order valence-electron chi connectivity index (χ2n) is 6.62. The fourth-order valence-electron chi connectivity index (χ4n) is 3.29. The molecule has 1 aliphatic carbocycles. The summed E-state index contributed by atoms with van der Waals surface area (Å²) in [5, 5.41) is 3.80. The first-order valence-corrected chi connectivity index (χ1v) is 8.91. The van der Waals surface area contributed by atoms with Gasteiger partial charge in [0.25, 0.3) is 5.91 Å². The van der Waals surface area contributed by atoms with Gasteiger partial charge in [0.2, 0.25) is 5.91 Å². The van der Waals surface area contributed by atoms with E-state index >= 15 is 0 Å². The third kappa shape index (κ3) is 4.29. The van der Waals surface area contributed by atoms with E-state index in [-0.39, 0.29) is 18.4 Å². The number of carbonyl (C=O) groups excluding carboxylic acids is 2. The van der Waals surface area contributed by atoms with E-state index in [2.05, 4.69) is 16.4 Å². The Bertz CT molecular complexity index is 791. The average Bonchev–Trinajstić information content (AvgIpc) is 3.06. The first-order valence-electron chi connectivity index (χ1n) is 8.91. The van der Waals surface area contributed by atoms with Crippen molar-refractivity contribution in [2.24, 2.45) is 0 Å². The predicted octanol–water partition coefficient (Wildman–Crippen LogP) is 3.25. The monoisotopic (exact) mass is 339 g/mol. The molecule has 1 aromatic carbocycles. The summed E-state index contributed by atoms with van der Waals surface area (Å²) in [6, 6.07) is 7.66. The molecule has 1 aliphatic rings. The third-order valence-corrected chi connectivity index (χ3v) is 4.70. The Morgan fingerprint density at radius 1 is 1.24 bits per heavy atom. The lowest BCUT2D eigenvalue weighted by Crippen LogP contribution is -2.38. The Hall–Kier alpha value is -2.56. The van der Waals surface area contributed by atoms with Gasteiger partial charge in [-0.05, 0) is 38.2 Å². The van der Waals surface area contributed by atoms with Gasteiger partial charge >= 0.3 is 0 Å². The van der Waals surface area contributed by atoms with Crippen LogP contribution in [0.25, 0.3) is 10.9 Å². The average molecular weight is 339 g/mol. The Balaban J connectivity index is 1.50. The molecule has 132 valence electrons. The van der Waals surface area contributed by atoms with E-state index in [9.17, 15) is 9.59 Å². The largest absolute Gasteiger partial charge is 0.360 e. The van der Waals surface area contributed by atoms with Gasteiger partial charge in [-0.3, -0.25) is 9.59 Å². The lowest BCUT2D eigenvalue weighted by molar-refractivity contribution is -0.121. The molecule has 0 fully saturated rings. The second-order valence-corrected chi connectivity index (χ2v) is 6.62. The van der Waals surface area contributed by atoms with Crippen LogP contribution in [-0.4, -0.2) is 41.8 Å². The summed E-state index contributed by atoms with van der Waals surface area (Å²) in [7, 11) is 1.66. The van der Waals surface area contributed by atoms with Crippen molar-refractivity contribution >= 4 is 22.7 Å². The van der Waals surface area contributed by atoms with E-state index < -0.39 is 0 Å². The molecule has 3 rings (SSSR count). The predicted molar refractivity (Wildman–Crippen MR) is 99.4 cm³/mol. The first-order chi connectivity index (χ1) is 12.1. The summed E-state index contributed by atoms with van der Waals surface area (Å²) in [5.41, 5.74) is 2.96. The van der Waals surface area contributed by atoms with Crippen molar-refractivity contribution in [3.8, 4) is 0 Å². The number of hydrogen-bond acceptors (Lipinski definition) is 2. The van der Waals surface area contributed by atoms with Gasteiger partial charge in [-0.15, -0.1) is 0 Å². The fourth-order valence-corrected chi connectivity index (χ4v) is 3.29. The van der Waals surface area contributed by atoms with Crippen LogP contribution in [0, 0.1) is 0 Å². The summed E-state index contributed by atoms with van der Waals surface area (Å²) in [6.45, 7) is 0.706. The number of allylic oxidation sites excluding steroid dienone is 1. The zero-order valence-corrected chi connectivity index (χ0v) is 14.7. The SMILES string of the molecule is CN(CC(=O)NCCC1=CCCCC1)C(=O)c1c[nH]c2ccccc12. The number of para-hydroxylation sites is 1. The van der Waals surface area contributed by atoms with E-state index in [0.717, 1.165) is 30.2 Å².